The molecule has 1 aromatic heterocycles. The summed E-state index contributed by atoms with van der Waals surface area (Å²) in [6.07, 6.45) is -8.44. The average Bonchev–Trinajstić information content (AvgIpc) is 3.26. The summed E-state index contributed by atoms with van der Waals surface area (Å²) in [5, 5.41) is 54.7. The Hall–Kier alpha value is -2.96. The van der Waals surface area contributed by atoms with Gasteiger partial charge in [0.15, 0.2) is 6.29 Å². The number of aromatic amines is 1. The number of H-pyrrole nitrogens is 1. The fraction of sp³-hybridized carbons (Fsp3) is 0.636. The third-order valence-electron chi connectivity index (χ3n) is 6.59. The Morgan fingerprint density at radius 1 is 1.00 bits per heavy atom. The van der Waals surface area contributed by atoms with Crippen molar-refractivity contribution in [1.82, 2.24) is 9.55 Å². The number of aliphatic hydroxyl groups excluding tert-OH is 5. The van der Waals surface area contributed by atoms with E-state index in [9.17, 15) is 44.7 Å². The van der Waals surface area contributed by atoms with Gasteiger partial charge < -0.3 is 50.4 Å². The van der Waals surface area contributed by atoms with E-state index in [1.807, 2.05) is 0 Å². The summed E-state index contributed by atoms with van der Waals surface area (Å²) in [6, 6.07) is 0. The van der Waals surface area contributed by atoms with E-state index in [4.69, 9.17) is 14.2 Å². The first kappa shape index (κ1) is 28.1. The average molecular weight is 542 g/mol. The van der Waals surface area contributed by atoms with Crippen LogP contribution in [0.3, 0.4) is 0 Å². The third-order valence-corrected chi connectivity index (χ3v) is 6.59. The lowest BCUT2D eigenvalue weighted by atomic mass is 9.99. The van der Waals surface area contributed by atoms with Gasteiger partial charge in [0.1, 0.15) is 48.1 Å². The minimum absolute atomic E-state index is 0.00629. The predicted molar refractivity (Wildman–Crippen MR) is 129 cm³/mol. The summed E-state index contributed by atoms with van der Waals surface area (Å²) in [5.74, 6) is 0. The number of hydrogen-bond acceptors (Lipinski definition) is 14. The van der Waals surface area contributed by atoms with Crippen molar-refractivity contribution in [2.75, 3.05) is 36.9 Å². The molecule has 38 heavy (non-hydrogen) atoms. The highest BCUT2D eigenvalue weighted by Crippen LogP contribution is 2.28. The molecule has 8 atom stereocenters. The van der Waals surface area contributed by atoms with E-state index in [-0.39, 0.29) is 37.5 Å². The minimum atomic E-state index is -1.59. The van der Waals surface area contributed by atoms with Crippen LogP contribution >= 0.6 is 0 Å². The molecule has 210 valence electrons. The van der Waals surface area contributed by atoms with Gasteiger partial charge in [-0.2, -0.15) is 0 Å². The lowest BCUT2D eigenvalue weighted by Gasteiger charge is -2.39. The monoisotopic (exact) mass is 542 g/mol. The van der Waals surface area contributed by atoms with E-state index < -0.39 is 77.9 Å². The van der Waals surface area contributed by atoms with Crippen LogP contribution < -0.4 is 32.7 Å². The van der Waals surface area contributed by atoms with E-state index in [0.29, 0.717) is 5.56 Å². The zero-order valence-corrected chi connectivity index (χ0v) is 20.3. The zero-order valence-electron chi connectivity index (χ0n) is 20.3. The van der Waals surface area contributed by atoms with Crippen molar-refractivity contribution in [2.24, 2.45) is 0 Å². The molecule has 0 spiro atoms. The summed E-state index contributed by atoms with van der Waals surface area (Å²) in [7, 11) is 0. The van der Waals surface area contributed by atoms with E-state index in [1.54, 1.807) is 0 Å². The van der Waals surface area contributed by atoms with Gasteiger partial charge in [0, 0.05) is 31.3 Å². The molecule has 2 aliphatic rings. The van der Waals surface area contributed by atoms with Crippen LogP contribution in [0.15, 0.2) is 25.4 Å². The smallest absolute Gasteiger partial charge is 0.330 e. The first-order valence-electron chi connectivity index (χ1n) is 11.9. The quantitative estimate of drug-likeness (QED) is 0.104. The van der Waals surface area contributed by atoms with E-state index in [0.717, 1.165) is 0 Å². The Balaban J connectivity index is 1.29. The van der Waals surface area contributed by atoms with Crippen molar-refractivity contribution in [1.29, 1.82) is 0 Å². The van der Waals surface area contributed by atoms with Crippen molar-refractivity contribution in [3.8, 4) is 0 Å². The molecule has 0 radical (unpaired) electrons. The number of aromatic nitrogens is 2. The van der Waals surface area contributed by atoms with Crippen molar-refractivity contribution < 1.29 is 39.7 Å². The molecule has 1 aromatic carbocycles. The van der Waals surface area contributed by atoms with Crippen LogP contribution in [0.4, 0.5) is 11.4 Å². The molecule has 2 aromatic rings. The summed E-state index contributed by atoms with van der Waals surface area (Å²) >= 11 is 0. The Morgan fingerprint density at radius 2 is 1.68 bits per heavy atom. The van der Waals surface area contributed by atoms with Crippen LogP contribution in [-0.2, 0) is 14.2 Å². The Kier molecular flexibility index (Phi) is 8.43. The molecule has 16 nitrogen and oxygen atoms in total. The molecule has 0 amide bonds. The Bertz CT molecular complexity index is 1320. The number of aryl methyl sites for hydroxylation is 1. The van der Waals surface area contributed by atoms with Gasteiger partial charge >= 0.3 is 5.69 Å². The summed E-state index contributed by atoms with van der Waals surface area (Å²) < 4.78 is 17.5. The van der Waals surface area contributed by atoms with Gasteiger partial charge in [0.05, 0.1) is 19.3 Å². The second kappa shape index (κ2) is 11.4. The fourth-order valence-electron chi connectivity index (χ4n) is 4.36. The van der Waals surface area contributed by atoms with Gasteiger partial charge in [-0.05, 0) is 6.92 Å². The normalized spacial score (nSPS) is 31.5. The molecule has 8 N–H and O–H groups in total. The van der Waals surface area contributed by atoms with Gasteiger partial charge in [-0.1, -0.05) is 0 Å². The van der Waals surface area contributed by atoms with Crippen LogP contribution in [-0.4, -0.2) is 104 Å². The van der Waals surface area contributed by atoms with Crippen LogP contribution in [0.2, 0.25) is 0 Å². The number of anilines is 2. The molecule has 4 rings (SSSR count). The van der Waals surface area contributed by atoms with Gasteiger partial charge in [-0.25, -0.2) is 4.79 Å². The van der Waals surface area contributed by atoms with Crippen LogP contribution in [0.25, 0.3) is 0 Å². The Labute approximate surface area is 213 Å². The molecule has 0 saturated carbocycles. The largest absolute Gasteiger partial charge is 0.394 e. The van der Waals surface area contributed by atoms with Gasteiger partial charge in [-0.15, -0.1) is 0 Å². The maximum atomic E-state index is 12.1. The highest BCUT2D eigenvalue weighted by molar-refractivity contribution is 5.73. The Morgan fingerprint density at radius 3 is 2.37 bits per heavy atom. The first-order chi connectivity index (χ1) is 18.0. The number of hydrogen-bond donors (Lipinski definition) is 8. The maximum absolute atomic E-state index is 12.1. The highest BCUT2D eigenvalue weighted by atomic mass is 16.7. The molecule has 0 bridgehead atoms. The first-order valence-corrected chi connectivity index (χ1v) is 11.9. The molecule has 2 saturated heterocycles. The van der Waals surface area contributed by atoms with E-state index in [1.165, 1.54) is 17.7 Å². The van der Waals surface area contributed by atoms with Gasteiger partial charge in [0.2, 0.25) is 0 Å². The lowest BCUT2D eigenvalue weighted by molar-refractivity contribution is -0.300. The highest BCUT2D eigenvalue weighted by Gasteiger charge is 2.44. The molecule has 16 heteroatoms. The molecular formula is C22H30N4O12. The van der Waals surface area contributed by atoms with Crippen LogP contribution in [0.5, 0.6) is 0 Å². The summed E-state index contributed by atoms with van der Waals surface area (Å²) in [4.78, 5) is 49.9. The number of nitrogens with zero attached hydrogens (tertiary/aromatic N) is 1. The molecule has 2 fully saturated rings. The second-order valence-corrected chi connectivity index (χ2v) is 9.19. The molecule has 0 unspecified atom stereocenters. The molecular weight excluding hydrogens is 512 g/mol. The van der Waals surface area contributed by atoms with E-state index in [2.05, 4.69) is 15.6 Å². The summed E-state index contributed by atoms with van der Waals surface area (Å²) in [5.41, 5.74) is -2.53. The van der Waals surface area contributed by atoms with Crippen LogP contribution in [0, 0.1) is 6.92 Å². The molecule has 2 aliphatic heterocycles. The van der Waals surface area contributed by atoms with Crippen molar-refractivity contribution >= 4 is 11.4 Å². The lowest BCUT2D eigenvalue weighted by Crippen LogP contribution is -2.59. The number of nitrogens with one attached hydrogen (secondary N) is 3. The number of ether oxygens (including phenoxy) is 3. The third kappa shape index (κ3) is 5.43. The van der Waals surface area contributed by atoms with Crippen molar-refractivity contribution in [3.05, 3.63) is 53.0 Å². The fourth-order valence-corrected chi connectivity index (χ4v) is 4.36. The van der Waals surface area contributed by atoms with E-state index >= 15 is 0 Å². The van der Waals surface area contributed by atoms with Gasteiger partial charge in [-0.3, -0.25) is 23.9 Å². The second-order valence-electron chi connectivity index (χ2n) is 9.19. The zero-order chi connectivity index (χ0) is 27.7. The topological polar surface area (TPSA) is 242 Å². The predicted octanol–water partition coefficient (Wildman–Crippen LogP) is -4.57. The summed E-state index contributed by atoms with van der Waals surface area (Å²) in [6.45, 7) is 0.709. The van der Waals surface area contributed by atoms with Crippen molar-refractivity contribution in [3.63, 3.8) is 0 Å². The van der Waals surface area contributed by atoms with Gasteiger partial charge in [0.25, 0.3) is 16.4 Å². The number of aliphatic hydroxyl groups is 5. The standard InChI is InChI=1S/C22H30N4O12/c1-8-6-26(22(35)25-20(8)34)12-4-9(28)10(37-12)5-24-14-13(16(30)17(14)31)23-2-3-36-21-19(33)18(32)15(29)11(7-27)38-21/h6,9-12,15,18-19,21,23-24,27-29,32-33H,2-5,7H2,1H3,(H,25,34,35)/t9-,10+,11+,12+,15+,18-,19+,21+/m0/s1. The SMILES string of the molecule is Cc1cn([C@H]2C[C@H](O)[C@@H](CNc3c(NCCO[C@@H]4O[C@H](CO)[C@@H](O)[C@H](O)[C@H]4O)c(=O)c3=O)O2)c(=O)[nH]c1=O. The maximum Gasteiger partial charge on any atom is 0.330 e. The minimum Gasteiger partial charge on any atom is -0.394 e. The molecule has 0 aliphatic carbocycles. The number of rotatable bonds is 10. The molecule has 3 heterocycles. The van der Waals surface area contributed by atoms with Crippen molar-refractivity contribution in [2.45, 2.75) is 62.5 Å². The van der Waals surface area contributed by atoms with Crippen LogP contribution in [0.1, 0.15) is 18.2 Å².